The first-order valence-corrected chi connectivity index (χ1v) is 17.8. The number of allylic oxidation sites excluding steroid dienone is 1. The number of halogens is 1. The van der Waals surface area contributed by atoms with Crippen molar-refractivity contribution in [2.24, 2.45) is 23.7 Å². The second kappa shape index (κ2) is 12.8. The van der Waals surface area contributed by atoms with E-state index < -0.39 is 27.3 Å². The summed E-state index contributed by atoms with van der Waals surface area (Å²) in [4.78, 5) is 15.8. The molecular weight excluding hydrogens is 584 g/mol. The summed E-state index contributed by atoms with van der Waals surface area (Å²) in [6.45, 7) is 3.78. The summed E-state index contributed by atoms with van der Waals surface area (Å²) in [6.07, 6.45) is 11.2. The smallest absolute Gasteiger partial charge is 0.264 e. The number of anilines is 1. The number of nitrogens with one attached hydrogen (secondary N) is 1. The Morgan fingerprint density at radius 1 is 1.07 bits per heavy atom. The fraction of sp³-hybridized carbons (Fsp3) is 0.559. The van der Waals surface area contributed by atoms with Crippen molar-refractivity contribution in [1.29, 1.82) is 0 Å². The average Bonchev–Trinajstić information content (AvgIpc) is 3.78. The Morgan fingerprint density at radius 3 is 2.67 bits per heavy atom. The molecule has 2 heterocycles. The number of hydrogen-bond acceptors (Lipinski definition) is 6. The van der Waals surface area contributed by atoms with Gasteiger partial charge in [0.25, 0.3) is 5.91 Å². The highest BCUT2D eigenvalue weighted by molar-refractivity contribution is 7.90. The van der Waals surface area contributed by atoms with E-state index in [2.05, 4.69) is 9.62 Å². The number of aliphatic hydroxyl groups is 1. The molecule has 2 aliphatic heterocycles. The molecule has 0 aromatic heterocycles. The van der Waals surface area contributed by atoms with Crippen molar-refractivity contribution in [2.45, 2.75) is 82.7 Å². The average molecular weight is 627 g/mol. The summed E-state index contributed by atoms with van der Waals surface area (Å²) in [5.74, 6) is 0.693. The summed E-state index contributed by atoms with van der Waals surface area (Å²) in [5.41, 5.74) is 3.34. The van der Waals surface area contributed by atoms with E-state index >= 15 is 0 Å². The second-order valence-electron chi connectivity index (χ2n) is 13.1. The maximum atomic E-state index is 13.7. The molecule has 2 saturated carbocycles. The number of aryl methyl sites for hydroxylation is 1. The van der Waals surface area contributed by atoms with E-state index in [1.807, 2.05) is 37.3 Å². The van der Waals surface area contributed by atoms with Gasteiger partial charge in [0.05, 0.1) is 17.0 Å². The summed E-state index contributed by atoms with van der Waals surface area (Å²) in [5, 5.41) is 11.2. The Balaban J connectivity index is 1.37. The largest absolute Gasteiger partial charge is 0.487 e. The molecule has 2 fully saturated rings. The molecule has 2 aliphatic carbocycles. The fourth-order valence-electron chi connectivity index (χ4n) is 6.97. The highest BCUT2D eigenvalue weighted by Crippen LogP contribution is 2.41. The fourth-order valence-corrected chi connectivity index (χ4v) is 8.94. The van der Waals surface area contributed by atoms with Crippen molar-refractivity contribution in [3.63, 3.8) is 0 Å². The molecule has 0 radical (unpaired) electrons. The number of nitrogens with zero attached hydrogens (tertiary/aromatic N) is 1. The Bertz CT molecular complexity index is 1470. The number of hydrogen-bond donors (Lipinski definition) is 2. The van der Waals surface area contributed by atoms with Crippen LogP contribution in [0.2, 0.25) is 5.02 Å². The van der Waals surface area contributed by atoms with E-state index in [0.717, 1.165) is 69.3 Å². The van der Waals surface area contributed by atoms with Crippen LogP contribution in [0.1, 0.15) is 79.8 Å². The summed E-state index contributed by atoms with van der Waals surface area (Å²) in [7, 11) is -3.93. The molecule has 6 rings (SSSR count). The lowest BCUT2D eigenvalue weighted by Gasteiger charge is -2.42. The van der Waals surface area contributed by atoms with Gasteiger partial charge in [-0.1, -0.05) is 49.6 Å². The third-order valence-corrected chi connectivity index (χ3v) is 12.1. The molecule has 43 heavy (non-hydrogen) atoms. The van der Waals surface area contributed by atoms with E-state index in [-0.39, 0.29) is 11.8 Å². The quantitative estimate of drug-likeness (QED) is 0.381. The van der Waals surface area contributed by atoms with Crippen LogP contribution in [0.15, 0.2) is 48.6 Å². The normalized spacial score (nSPS) is 30.3. The highest BCUT2D eigenvalue weighted by Gasteiger charge is 2.39. The van der Waals surface area contributed by atoms with Crippen molar-refractivity contribution < 1.29 is 23.1 Å². The summed E-state index contributed by atoms with van der Waals surface area (Å²) in [6, 6.07) is 11.1. The van der Waals surface area contributed by atoms with E-state index in [1.54, 1.807) is 18.2 Å². The summed E-state index contributed by atoms with van der Waals surface area (Å²) >= 11 is 6.32. The Labute approximate surface area is 260 Å². The zero-order chi connectivity index (χ0) is 30.1. The van der Waals surface area contributed by atoms with Crippen LogP contribution in [0.5, 0.6) is 5.75 Å². The highest BCUT2D eigenvalue weighted by atomic mass is 35.5. The molecule has 2 aromatic carbocycles. The maximum Gasteiger partial charge on any atom is 0.264 e. The van der Waals surface area contributed by atoms with Crippen LogP contribution in [0.3, 0.4) is 0 Å². The Kier molecular flexibility index (Phi) is 9.09. The minimum atomic E-state index is -3.93. The number of amides is 1. The van der Waals surface area contributed by atoms with Crippen molar-refractivity contribution >= 4 is 33.2 Å². The van der Waals surface area contributed by atoms with Crippen molar-refractivity contribution in [2.75, 3.05) is 18.0 Å². The molecule has 2 N–H and O–H groups in total. The zero-order valence-electron chi connectivity index (χ0n) is 24.9. The third-order valence-electron chi connectivity index (χ3n) is 9.98. The van der Waals surface area contributed by atoms with Gasteiger partial charge in [-0.2, -0.15) is 0 Å². The van der Waals surface area contributed by atoms with Gasteiger partial charge in [-0.05, 0) is 110 Å². The number of benzene rings is 2. The molecule has 0 saturated heterocycles. The van der Waals surface area contributed by atoms with Crippen molar-refractivity contribution in [3.8, 4) is 5.75 Å². The molecule has 1 amide bonds. The monoisotopic (exact) mass is 626 g/mol. The molecule has 2 aromatic rings. The number of carbonyl (C=O) groups excluding carboxylic acids is 1. The zero-order valence-corrected chi connectivity index (χ0v) is 26.5. The van der Waals surface area contributed by atoms with E-state index in [4.69, 9.17) is 16.3 Å². The number of carbonyl (C=O) groups is 1. The molecule has 7 nitrogen and oxygen atoms in total. The molecule has 0 unspecified atom stereocenters. The minimum Gasteiger partial charge on any atom is -0.487 e. The van der Waals surface area contributed by atoms with Gasteiger partial charge in [0.2, 0.25) is 10.0 Å². The topological polar surface area (TPSA) is 95.9 Å². The van der Waals surface area contributed by atoms with Gasteiger partial charge in [-0.25, -0.2) is 13.1 Å². The van der Waals surface area contributed by atoms with Gasteiger partial charge in [0.15, 0.2) is 0 Å². The molecule has 9 heteroatoms. The first-order valence-electron chi connectivity index (χ1n) is 15.9. The van der Waals surface area contributed by atoms with Crippen LogP contribution in [0.25, 0.3) is 0 Å². The number of sulfonamides is 1. The first-order chi connectivity index (χ1) is 20.7. The van der Waals surface area contributed by atoms with Crippen molar-refractivity contribution in [3.05, 3.63) is 70.3 Å². The van der Waals surface area contributed by atoms with Crippen LogP contribution in [0.4, 0.5) is 5.69 Å². The molecule has 2 bridgehead atoms. The predicted octanol–water partition coefficient (Wildman–Crippen LogP) is 6.27. The van der Waals surface area contributed by atoms with Crippen LogP contribution in [-0.2, 0) is 23.1 Å². The molecule has 4 aliphatic rings. The number of ether oxygens (including phenoxy) is 1. The third kappa shape index (κ3) is 7.07. The molecule has 0 spiro atoms. The van der Waals surface area contributed by atoms with Crippen LogP contribution in [-0.4, -0.2) is 43.9 Å². The maximum absolute atomic E-state index is 13.7. The summed E-state index contributed by atoms with van der Waals surface area (Å²) < 4.78 is 36.2. The molecule has 232 valence electrons. The second-order valence-corrected chi connectivity index (χ2v) is 15.5. The number of fused-ring (bicyclic) bond motifs is 3. The standard InChI is InChI=1S/C34H43ClN2O5S/c1-22-5-4-7-31(38)29-14-11-26(29)20-37-16-3-2-6-24-18-28(35)13-10-27(24)21-42-32-15-12-25(19-30(32)37)34(39)36-43(40,41)33(22)17-23-8-9-23/h4,7,10,12-13,15,18-19,22-23,26,29,31,33,38H,2-3,5-6,8-9,11,14,16-17,20-21H2,1H3,(H,36,39)/b7-4-/t22-,26+,29-,31-,33-/m1/s1. The Morgan fingerprint density at radius 2 is 1.91 bits per heavy atom. The van der Waals surface area contributed by atoms with E-state index in [0.29, 0.717) is 47.6 Å². The van der Waals surface area contributed by atoms with Crippen LogP contribution in [0, 0.1) is 23.7 Å². The molecule has 5 atom stereocenters. The van der Waals surface area contributed by atoms with Gasteiger partial charge in [0, 0.05) is 23.7 Å². The lowest BCUT2D eigenvalue weighted by atomic mass is 9.70. The lowest BCUT2D eigenvalue weighted by Crippen LogP contribution is -2.44. The SMILES string of the molecule is C[C@@H]1C/C=C\[C@@H](O)[C@@H]2CC[C@H]2CN2CCCCc3cc(Cl)ccc3COc3ccc(cc32)C(=O)NS(=O)(=O)[C@@H]1CC1CC1. The van der Waals surface area contributed by atoms with E-state index in [9.17, 15) is 18.3 Å². The van der Waals surface area contributed by atoms with Gasteiger partial charge in [0.1, 0.15) is 12.4 Å². The predicted molar refractivity (Wildman–Crippen MR) is 170 cm³/mol. The lowest BCUT2D eigenvalue weighted by molar-refractivity contribution is 0.0461. The van der Waals surface area contributed by atoms with Crippen molar-refractivity contribution in [1.82, 2.24) is 4.72 Å². The first kappa shape index (κ1) is 30.5. The van der Waals surface area contributed by atoms with Gasteiger partial charge in [-0.15, -0.1) is 0 Å². The van der Waals surface area contributed by atoms with Gasteiger partial charge in [-0.3, -0.25) is 4.79 Å². The number of aliphatic hydroxyl groups excluding tert-OH is 1. The minimum absolute atomic E-state index is 0.144. The Hall–Kier alpha value is -2.55. The van der Waals surface area contributed by atoms with E-state index in [1.165, 1.54) is 5.56 Å². The van der Waals surface area contributed by atoms with Crippen LogP contribution >= 0.6 is 11.6 Å². The van der Waals surface area contributed by atoms with Gasteiger partial charge >= 0.3 is 0 Å². The molecular formula is C34H43ClN2O5S. The number of rotatable bonds is 2. The van der Waals surface area contributed by atoms with Gasteiger partial charge < -0.3 is 14.7 Å². The van der Waals surface area contributed by atoms with Crippen LogP contribution < -0.4 is 14.4 Å².